The Morgan fingerprint density at radius 2 is 2.30 bits per heavy atom. The minimum absolute atomic E-state index is 0.00246. The number of nitro benzene ring substituents is 1. The van der Waals surface area contributed by atoms with Gasteiger partial charge >= 0.3 is 6.09 Å². The summed E-state index contributed by atoms with van der Waals surface area (Å²) in [6.07, 6.45) is -0.396. The van der Waals surface area contributed by atoms with Crippen LogP contribution in [0, 0.1) is 21.4 Å². The number of nitro groups is 1. The number of non-ortho nitro benzene ring substituents is 1. The highest BCUT2D eigenvalue weighted by molar-refractivity contribution is 5.69. The number of carbonyl (C=O) groups excluding carboxylic acids is 1. The van der Waals surface area contributed by atoms with E-state index in [0.717, 1.165) is 0 Å². The van der Waals surface area contributed by atoms with Gasteiger partial charge in [-0.25, -0.2) is 4.79 Å². The number of ether oxygens (including phenoxy) is 1. The summed E-state index contributed by atoms with van der Waals surface area (Å²) in [4.78, 5) is 22.8. The molecule has 1 N–H and O–H groups in total. The van der Waals surface area contributed by atoms with Gasteiger partial charge in [0.1, 0.15) is 6.07 Å². The smallest absolute Gasteiger partial charge is 0.409 e. The molecule has 1 saturated heterocycles. The lowest BCUT2D eigenvalue weighted by Gasteiger charge is -2.38. The van der Waals surface area contributed by atoms with E-state index >= 15 is 0 Å². The van der Waals surface area contributed by atoms with Crippen molar-refractivity contribution in [3.8, 4) is 6.07 Å². The molecule has 1 aromatic rings. The molecule has 1 aromatic carbocycles. The summed E-state index contributed by atoms with van der Waals surface area (Å²) in [5.74, 6) is 0. The molecule has 0 aromatic heterocycles. The third-order valence-corrected chi connectivity index (χ3v) is 3.01. The monoisotopic (exact) mass is 276 g/mol. The molecule has 1 amide bonds. The fourth-order valence-electron chi connectivity index (χ4n) is 1.93. The van der Waals surface area contributed by atoms with Crippen molar-refractivity contribution in [3.63, 3.8) is 0 Å². The van der Waals surface area contributed by atoms with Crippen LogP contribution >= 0.6 is 0 Å². The normalized spacial score (nSPS) is 14.1. The topological polar surface area (TPSA) is 108 Å². The quantitative estimate of drug-likeness (QED) is 0.659. The fourth-order valence-corrected chi connectivity index (χ4v) is 1.93. The molecule has 0 atom stereocenters. The first-order valence-corrected chi connectivity index (χ1v) is 5.83. The lowest BCUT2D eigenvalue weighted by Crippen LogP contribution is -2.57. The van der Waals surface area contributed by atoms with Gasteiger partial charge in [-0.2, -0.15) is 5.26 Å². The Balaban J connectivity index is 2.03. The van der Waals surface area contributed by atoms with Crippen molar-refractivity contribution >= 4 is 17.5 Å². The molecular formula is C12H12N4O4. The maximum Gasteiger partial charge on any atom is 0.409 e. The van der Waals surface area contributed by atoms with Crippen molar-refractivity contribution in [2.75, 3.05) is 25.5 Å². The molecule has 8 nitrogen and oxygen atoms in total. The number of benzene rings is 1. The predicted octanol–water partition coefficient (Wildman–Crippen LogP) is 1.33. The van der Waals surface area contributed by atoms with Gasteiger partial charge in [-0.05, 0) is 6.07 Å². The highest BCUT2D eigenvalue weighted by Gasteiger charge is 2.31. The van der Waals surface area contributed by atoms with Gasteiger partial charge in [0.25, 0.3) is 5.69 Å². The summed E-state index contributed by atoms with van der Waals surface area (Å²) < 4.78 is 4.57. The Hall–Kier alpha value is -2.82. The average Bonchev–Trinajstić information content (AvgIpc) is 2.41. The van der Waals surface area contributed by atoms with Crippen LogP contribution in [0.25, 0.3) is 0 Å². The highest BCUT2D eigenvalue weighted by atomic mass is 16.6. The molecule has 0 saturated carbocycles. The zero-order valence-electron chi connectivity index (χ0n) is 10.7. The molecule has 1 aliphatic heterocycles. The zero-order valence-corrected chi connectivity index (χ0v) is 10.7. The maximum atomic E-state index is 11.2. The van der Waals surface area contributed by atoms with Crippen molar-refractivity contribution < 1.29 is 14.5 Å². The minimum atomic E-state index is -0.549. The number of carbonyl (C=O) groups is 1. The molecule has 20 heavy (non-hydrogen) atoms. The third kappa shape index (κ3) is 2.61. The minimum Gasteiger partial charge on any atom is -0.453 e. The van der Waals surface area contributed by atoms with Crippen molar-refractivity contribution in [2.45, 2.75) is 6.04 Å². The van der Waals surface area contributed by atoms with Crippen molar-refractivity contribution in [1.82, 2.24) is 4.90 Å². The number of nitrogens with zero attached hydrogens (tertiary/aromatic N) is 3. The highest BCUT2D eigenvalue weighted by Crippen LogP contribution is 2.24. The van der Waals surface area contributed by atoms with E-state index in [1.54, 1.807) is 0 Å². The standard InChI is InChI=1S/C12H12N4O4/c1-20-12(17)15-6-9(7-15)14-11-3-2-10(16(18)19)4-8(11)5-13/h2-4,9,14H,6-7H2,1H3. The van der Waals surface area contributed by atoms with Crippen LogP contribution in [-0.2, 0) is 4.74 Å². The van der Waals surface area contributed by atoms with Gasteiger partial charge in [-0.3, -0.25) is 10.1 Å². The van der Waals surface area contributed by atoms with E-state index in [4.69, 9.17) is 5.26 Å². The number of anilines is 1. The lowest BCUT2D eigenvalue weighted by molar-refractivity contribution is -0.384. The molecular weight excluding hydrogens is 264 g/mol. The van der Waals surface area contributed by atoms with Crippen LogP contribution in [0.3, 0.4) is 0 Å². The van der Waals surface area contributed by atoms with Crippen LogP contribution in [0.15, 0.2) is 18.2 Å². The first kappa shape index (κ1) is 13.6. The number of nitriles is 1. The number of hydrogen-bond donors (Lipinski definition) is 1. The summed E-state index contributed by atoms with van der Waals surface area (Å²) in [5.41, 5.74) is 0.597. The van der Waals surface area contributed by atoms with E-state index in [1.165, 1.54) is 30.2 Å². The molecule has 104 valence electrons. The second kappa shape index (κ2) is 5.44. The molecule has 1 heterocycles. The number of nitrogens with one attached hydrogen (secondary N) is 1. The molecule has 0 radical (unpaired) electrons. The van der Waals surface area contributed by atoms with Gasteiger partial charge in [0.2, 0.25) is 0 Å². The van der Waals surface area contributed by atoms with Gasteiger partial charge in [0.15, 0.2) is 0 Å². The van der Waals surface area contributed by atoms with Crippen LogP contribution in [0.5, 0.6) is 0 Å². The number of hydrogen-bond acceptors (Lipinski definition) is 6. The van der Waals surface area contributed by atoms with Crippen LogP contribution in [0.4, 0.5) is 16.2 Å². The van der Waals surface area contributed by atoms with E-state index < -0.39 is 11.0 Å². The number of rotatable bonds is 3. The largest absolute Gasteiger partial charge is 0.453 e. The fraction of sp³-hybridized carbons (Fsp3) is 0.333. The number of amides is 1. The Morgan fingerprint density at radius 3 is 2.85 bits per heavy atom. The van der Waals surface area contributed by atoms with Gasteiger partial charge in [0.05, 0.1) is 29.3 Å². The first-order chi connectivity index (χ1) is 9.55. The van der Waals surface area contributed by atoms with E-state index in [2.05, 4.69) is 10.1 Å². The lowest BCUT2D eigenvalue weighted by atomic mass is 10.1. The van der Waals surface area contributed by atoms with Crippen molar-refractivity contribution in [1.29, 1.82) is 5.26 Å². The summed E-state index contributed by atoms with van der Waals surface area (Å²) in [6, 6.07) is 5.97. The molecule has 1 fully saturated rings. The molecule has 0 bridgehead atoms. The van der Waals surface area contributed by atoms with Crippen LogP contribution in [0.1, 0.15) is 5.56 Å². The van der Waals surface area contributed by atoms with Gasteiger partial charge < -0.3 is 15.0 Å². The van der Waals surface area contributed by atoms with Crippen LogP contribution in [0.2, 0.25) is 0 Å². The first-order valence-electron chi connectivity index (χ1n) is 5.83. The molecule has 0 unspecified atom stereocenters. The Morgan fingerprint density at radius 1 is 1.60 bits per heavy atom. The Labute approximate surface area is 114 Å². The van der Waals surface area contributed by atoms with Gasteiger partial charge in [0, 0.05) is 25.2 Å². The van der Waals surface area contributed by atoms with Crippen LogP contribution < -0.4 is 5.32 Å². The SMILES string of the molecule is COC(=O)N1CC(Nc2ccc([N+](=O)[O-])cc2C#N)C1. The van der Waals surface area contributed by atoms with Gasteiger partial charge in [-0.15, -0.1) is 0 Å². The summed E-state index contributed by atoms with van der Waals surface area (Å²) in [7, 11) is 1.31. The number of likely N-dealkylation sites (tertiary alicyclic amines) is 1. The van der Waals surface area contributed by atoms with Crippen molar-refractivity contribution in [2.24, 2.45) is 0 Å². The van der Waals surface area contributed by atoms with E-state index in [9.17, 15) is 14.9 Å². The molecule has 2 rings (SSSR count). The van der Waals surface area contributed by atoms with Gasteiger partial charge in [-0.1, -0.05) is 0 Å². The summed E-state index contributed by atoms with van der Waals surface area (Å²) >= 11 is 0. The Kier molecular flexibility index (Phi) is 3.70. The number of methoxy groups -OCH3 is 1. The molecule has 8 heteroatoms. The zero-order chi connectivity index (χ0) is 14.7. The molecule has 0 spiro atoms. The average molecular weight is 276 g/mol. The second-order valence-corrected chi connectivity index (χ2v) is 4.32. The maximum absolute atomic E-state index is 11.2. The third-order valence-electron chi connectivity index (χ3n) is 3.01. The summed E-state index contributed by atoms with van der Waals surface area (Å²) in [6.45, 7) is 0.934. The van der Waals surface area contributed by atoms with E-state index in [-0.39, 0.29) is 17.3 Å². The second-order valence-electron chi connectivity index (χ2n) is 4.32. The van der Waals surface area contributed by atoms with Crippen LogP contribution in [-0.4, -0.2) is 42.2 Å². The Bertz CT molecular complexity index is 590. The summed E-state index contributed by atoms with van der Waals surface area (Å²) in [5, 5.41) is 22.7. The van der Waals surface area contributed by atoms with E-state index in [1.807, 2.05) is 6.07 Å². The molecule has 0 aliphatic carbocycles. The van der Waals surface area contributed by atoms with Crippen molar-refractivity contribution in [3.05, 3.63) is 33.9 Å². The predicted molar refractivity (Wildman–Crippen MR) is 69.2 cm³/mol. The van der Waals surface area contributed by atoms with E-state index in [0.29, 0.717) is 18.8 Å². The molecule has 1 aliphatic rings.